The van der Waals surface area contributed by atoms with Crippen LogP contribution in [0.25, 0.3) is 0 Å². The minimum Gasteiger partial charge on any atom is -0.365 e. The van der Waals surface area contributed by atoms with E-state index < -0.39 is 0 Å². The normalized spacial score (nSPS) is 12.8. The Morgan fingerprint density at radius 1 is 1.41 bits per heavy atom. The number of quaternary nitrogens is 1. The molecule has 0 aromatic heterocycles. The number of carbonyl (C=O) groups is 1. The van der Waals surface area contributed by atoms with Gasteiger partial charge in [-0.2, -0.15) is 0 Å². The number of hydrogen-bond donors (Lipinski definition) is 2. The van der Waals surface area contributed by atoms with Crippen LogP contribution in [0.4, 0.5) is 0 Å². The van der Waals surface area contributed by atoms with Gasteiger partial charge in [0.15, 0.2) is 6.54 Å². The van der Waals surface area contributed by atoms with E-state index >= 15 is 0 Å². The van der Waals surface area contributed by atoms with Crippen LogP contribution in [0.3, 0.4) is 0 Å². The first kappa shape index (κ1) is 14.3. The van der Waals surface area contributed by atoms with Gasteiger partial charge in [-0.15, -0.1) is 0 Å². The average Bonchev–Trinajstić information content (AvgIpc) is 2.19. The van der Waals surface area contributed by atoms with Crippen molar-refractivity contribution in [1.29, 1.82) is 0 Å². The molecular weight excluding hydrogens is 259 g/mol. The number of nitrogens with one attached hydrogen (secondary N) is 1. The second-order valence-corrected chi connectivity index (χ2v) is 5.21. The van der Waals surface area contributed by atoms with Crippen LogP contribution in [-0.2, 0) is 11.3 Å². The molecule has 0 aliphatic rings. The number of benzene rings is 1. The Morgan fingerprint density at radius 2 is 2.06 bits per heavy atom. The van der Waals surface area contributed by atoms with E-state index in [-0.39, 0.29) is 5.91 Å². The van der Waals surface area contributed by atoms with Crippen LogP contribution in [0.1, 0.15) is 19.4 Å². The van der Waals surface area contributed by atoms with Crippen molar-refractivity contribution < 1.29 is 9.69 Å². The summed E-state index contributed by atoms with van der Waals surface area (Å²) < 4.78 is 0. The lowest BCUT2D eigenvalue weighted by Gasteiger charge is -2.22. The first-order chi connectivity index (χ1) is 7.90. The number of nitrogens with two attached hydrogens (primary N) is 1. The van der Waals surface area contributed by atoms with Crippen LogP contribution in [0.5, 0.6) is 0 Å². The van der Waals surface area contributed by atoms with Gasteiger partial charge >= 0.3 is 0 Å². The third kappa shape index (κ3) is 4.54. The minimum absolute atomic E-state index is 0.300. The first-order valence-electron chi connectivity index (χ1n) is 5.47. The topological polar surface area (TPSA) is 47.5 Å². The summed E-state index contributed by atoms with van der Waals surface area (Å²) >= 11 is 11.9. The molecule has 1 atom stereocenters. The standard InChI is InChI=1S/C12H16Cl2N2O/c1-8(2)16(7-12(15)17)6-9-3-4-10(13)5-11(9)14/h3-5,8H,6-7H2,1-2H3,(H2,15,17)/p+1. The summed E-state index contributed by atoms with van der Waals surface area (Å²) in [6.45, 7) is 5.05. The van der Waals surface area contributed by atoms with Crippen LogP contribution >= 0.6 is 23.2 Å². The third-order valence-electron chi connectivity index (χ3n) is 2.65. The van der Waals surface area contributed by atoms with Crippen LogP contribution in [0.2, 0.25) is 10.0 Å². The van der Waals surface area contributed by atoms with Crippen LogP contribution < -0.4 is 10.6 Å². The Kier molecular flexibility index (Phi) is 5.25. The summed E-state index contributed by atoms with van der Waals surface area (Å²) in [5.41, 5.74) is 6.21. The smallest absolute Gasteiger partial charge is 0.272 e. The third-order valence-corrected chi connectivity index (χ3v) is 3.24. The van der Waals surface area contributed by atoms with Crippen LogP contribution in [0, 0.1) is 0 Å². The van der Waals surface area contributed by atoms with Gasteiger partial charge < -0.3 is 10.6 Å². The molecule has 0 saturated carbocycles. The Labute approximate surface area is 111 Å². The molecule has 0 saturated heterocycles. The summed E-state index contributed by atoms with van der Waals surface area (Å²) in [5.74, 6) is -0.307. The summed E-state index contributed by atoms with van der Waals surface area (Å²) in [5, 5.41) is 1.24. The number of carbonyl (C=O) groups excluding carboxylic acids is 1. The van der Waals surface area contributed by atoms with Gasteiger partial charge in [0.05, 0.1) is 11.1 Å². The van der Waals surface area contributed by atoms with Crippen molar-refractivity contribution in [1.82, 2.24) is 0 Å². The predicted molar refractivity (Wildman–Crippen MR) is 70.3 cm³/mol. The molecular formula is C12H17Cl2N2O+. The maximum Gasteiger partial charge on any atom is 0.272 e. The molecule has 1 rings (SSSR count). The summed E-state index contributed by atoms with van der Waals surface area (Å²) in [6, 6.07) is 5.69. The van der Waals surface area contributed by atoms with Gasteiger partial charge in [-0.3, -0.25) is 4.79 Å². The Balaban J connectivity index is 2.82. The molecule has 0 aliphatic heterocycles. The maximum absolute atomic E-state index is 11.0. The molecule has 1 amide bonds. The lowest BCUT2D eigenvalue weighted by atomic mass is 10.2. The van der Waals surface area contributed by atoms with Crippen molar-refractivity contribution >= 4 is 29.1 Å². The molecule has 1 unspecified atom stereocenters. The molecule has 3 N–H and O–H groups in total. The van der Waals surface area contributed by atoms with E-state index in [1.54, 1.807) is 12.1 Å². The zero-order valence-corrected chi connectivity index (χ0v) is 11.5. The summed E-state index contributed by atoms with van der Waals surface area (Å²) in [4.78, 5) is 12.1. The fourth-order valence-electron chi connectivity index (χ4n) is 1.60. The fourth-order valence-corrected chi connectivity index (χ4v) is 2.08. The number of hydrogen-bond acceptors (Lipinski definition) is 1. The van der Waals surface area contributed by atoms with Crippen molar-refractivity contribution in [3.8, 4) is 0 Å². The second kappa shape index (κ2) is 6.24. The molecule has 0 aliphatic carbocycles. The van der Waals surface area contributed by atoms with Gasteiger partial charge in [-0.25, -0.2) is 0 Å². The maximum atomic E-state index is 11.0. The van der Waals surface area contributed by atoms with Crippen molar-refractivity contribution in [2.45, 2.75) is 26.4 Å². The molecule has 5 heteroatoms. The van der Waals surface area contributed by atoms with Gasteiger partial charge in [0, 0.05) is 10.6 Å². The molecule has 0 heterocycles. The Morgan fingerprint density at radius 3 is 2.53 bits per heavy atom. The molecule has 0 radical (unpaired) electrons. The molecule has 0 fully saturated rings. The number of halogens is 2. The molecule has 1 aromatic carbocycles. The Bertz CT molecular complexity index is 407. The lowest BCUT2D eigenvalue weighted by Crippen LogP contribution is -3.14. The molecule has 0 spiro atoms. The van der Waals surface area contributed by atoms with Gasteiger partial charge in [0.2, 0.25) is 0 Å². The van der Waals surface area contributed by atoms with Crippen molar-refractivity contribution in [2.75, 3.05) is 6.54 Å². The quantitative estimate of drug-likeness (QED) is 0.836. The monoisotopic (exact) mass is 275 g/mol. The van der Waals surface area contributed by atoms with Gasteiger partial charge in [-0.1, -0.05) is 29.3 Å². The lowest BCUT2D eigenvalue weighted by molar-refractivity contribution is -0.927. The SMILES string of the molecule is CC(C)[NH+](CC(N)=O)Cc1ccc(Cl)cc1Cl. The van der Waals surface area contributed by atoms with Crippen LogP contribution in [-0.4, -0.2) is 18.5 Å². The van der Waals surface area contributed by atoms with Gasteiger partial charge in [0.1, 0.15) is 6.54 Å². The summed E-state index contributed by atoms with van der Waals surface area (Å²) in [6.07, 6.45) is 0. The first-order valence-corrected chi connectivity index (χ1v) is 6.22. The van der Waals surface area contributed by atoms with Crippen molar-refractivity contribution in [2.24, 2.45) is 5.73 Å². The number of primary amides is 1. The highest BCUT2D eigenvalue weighted by atomic mass is 35.5. The largest absolute Gasteiger partial charge is 0.365 e. The molecule has 0 bridgehead atoms. The summed E-state index contributed by atoms with van der Waals surface area (Å²) in [7, 11) is 0. The highest BCUT2D eigenvalue weighted by Crippen LogP contribution is 2.20. The highest BCUT2D eigenvalue weighted by molar-refractivity contribution is 6.35. The fraction of sp³-hybridized carbons (Fsp3) is 0.417. The highest BCUT2D eigenvalue weighted by Gasteiger charge is 2.17. The average molecular weight is 276 g/mol. The van der Waals surface area contributed by atoms with Crippen LogP contribution in [0.15, 0.2) is 18.2 Å². The van der Waals surface area contributed by atoms with E-state index in [4.69, 9.17) is 28.9 Å². The zero-order valence-electron chi connectivity index (χ0n) is 9.97. The Hall–Kier alpha value is -0.770. The van der Waals surface area contributed by atoms with E-state index in [1.165, 1.54) is 0 Å². The number of amides is 1. The molecule has 94 valence electrons. The van der Waals surface area contributed by atoms with Crippen molar-refractivity contribution in [3.05, 3.63) is 33.8 Å². The van der Waals surface area contributed by atoms with Gasteiger partial charge in [0.25, 0.3) is 5.91 Å². The van der Waals surface area contributed by atoms with E-state index in [1.807, 2.05) is 19.9 Å². The second-order valence-electron chi connectivity index (χ2n) is 4.37. The predicted octanol–water partition coefficient (Wildman–Crippen LogP) is 1.27. The molecule has 3 nitrogen and oxygen atoms in total. The van der Waals surface area contributed by atoms with E-state index in [9.17, 15) is 4.79 Å². The van der Waals surface area contributed by atoms with E-state index in [0.717, 1.165) is 10.5 Å². The zero-order chi connectivity index (χ0) is 13.0. The minimum atomic E-state index is -0.307. The van der Waals surface area contributed by atoms with Gasteiger partial charge in [-0.05, 0) is 26.0 Å². The molecule has 1 aromatic rings. The number of rotatable bonds is 5. The molecule has 17 heavy (non-hydrogen) atoms. The van der Waals surface area contributed by atoms with E-state index in [2.05, 4.69) is 0 Å². The van der Waals surface area contributed by atoms with E-state index in [0.29, 0.717) is 29.2 Å². The van der Waals surface area contributed by atoms with Crippen molar-refractivity contribution in [3.63, 3.8) is 0 Å².